The van der Waals surface area contributed by atoms with Gasteiger partial charge >= 0.3 is 0 Å². The van der Waals surface area contributed by atoms with E-state index in [1.165, 1.54) is 31.2 Å². The van der Waals surface area contributed by atoms with E-state index in [9.17, 15) is 28.8 Å². The van der Waals surface area contributed by atoms with E-state index < -0.39 is 0 Å². The predicted octanol–water partition coefficient (Wildman–Crippen LogP) is 0.108. The van der Waals surface area contributed by atoms with Crippen LogP contribution in [0.3, 0.4) is 0 Å². The molecule has 1 N–H and O–H groups in total. The largest absolute Gasteiger partial charge is 0.356 e. The van der Waals surface area contributed by atoms with E-state index in [0.29, 0.717) is 6.54 Å². The molecule has 0 unspecified atom stereocenters. The first-order valence-corrected chi connectivity index (χ1v) is 9.09. The summed E-state index contributed by atoms with van der Waals surface area (Å²) in [6.07, 6.45) is 7.23. The van der Waals surface area contributed by atoms with Gasteiger partial charge in [0.05, 0.1) is 0 Å². The van der Waals surface area contributed by atoms with Gasteiger partial charge in [-0.3, -0.25) is 38.6 Å². The van der Waals surface area contributed by atoms with Gasteiger partial charge in [0.25, 0.3) is 23.6 Å². The molecule has 0 aliphatic carbocycles. The van der Waals surface area contributed by atoms with E-state index in [0.717, 1.165) is 22.6 Å². The third-order valence-electron chi connectivity index (χ3n) is 3.90. The molecule has 2 heterocycles. The maximum atomic E-state index is 11.3. The van der Waals surface area contributed by atoms with Gasteiger partial charge in [-0.1, -0.05) is 13.3 Å². The van der Waals surface area contributed by atoms with Gasteiger partial charge in [0, 0.05) is 56.8 Å². The van der Waals surface area contributed by atoms with Crippen LogP contribution in [-0.2, 0) is 28.8 Å². The molecule has 28 heavy (non-hydrogen) atoms. The minimum atomic E-state index is -0.341. The van der Waals surface area contributed by atoms with Crippen molar-refractivity contribution in [3.05, 3.63) is 24.3 Å². The summed E-state index contributed by atoms with van der Waals surface area (Å²) in [5, 5.41) is 2.73. The molecule has 2 rings (SSSR count). The lowest BCUT2D eigenvalue weighted by Gasteiger charge is -2.13. The van der Waals surface area contributed by atoms with E-state index in [-0.39, 0.29) is 61.3 Å². The number of carbonyl (C=O) groups is 6. The molecule has 0 fully saturated rings. The van der Waals surface area contributed by atoms with Crippen LogP contribution in [0.25, 0.3) is 0 Å². The van der Waals surface area contributed by atoms with E-state index in [1.807, 2.05) is 6.92 Å². The summed E-state index contributed by atoms with van der Waals surface area (Å²) < 4.78 is 0. The molecule has 0 aromatic carbocycles. The second-order valence-electron chi connectivity index (χ2n) is 6.23. The van der Waals surface area contributed by atoms with Gasteiger partial charge in [0.15, 0.2) is 0 Å². The molecular formula is C19H25N3O6. The maximum Gasteiger partial charge on any atom is 0.253 e. The van der Waals surface area contributed by atoms with Crippen LogP contribution < -0.4 is 5.32 Å². The third-order valence-corrected chi connectivity index (χ3v) is 3.90. The van der Waals surface area contributed by atoms with Crippen LogP contribution in [0.1, 0.15) is 39.5 Å². The van der Waals surface area contributed by atoms with Crippen molar-refractivity contribution < 1.29 is 28.8 Å². The minimum Gasteiger partial charge on any atom is -0.356 e. The van der Waals surface area contributed by atoms with Crippen molar-refractivity contribution in [3.63, 3.8) is 0 Å². The molecule has 0 radical (unpaired) electrons. The first-order chi connectivity index (χ1) is 13.3. The number of ketones is 1. The molecule has 2 aliphatic heterocycles. The highest BCUT2D eigenvalue weighted by atomic mass is 16.2. The molecule has 9 heteroatoms. The van der Waals surface area contributed by atoms with Crippen molar-refractivity contribution in [2.75, 3.05) is 19.6 Å². The Labute approximate surface area is 163 Å². The zero-order valence-corrected chi connectivity index (χ0v) is 16.1. The summed E-state index contributed by atoms with van der Waals surface area (Å²) in [6, 6.07) is 0. The zero-order valence-electron chi connectivity index (χ0n) is 16.1. The average Bonchev–Trinajstić information content (AvgIpc) is 3.13. The summed E-state index contributed by atoms with van der Waals surface area (Å²) in [5.41, 5.74) is 0. The van der Waals surface area contributed by atoms with Crippen molar-refractivity contribution in [2.45, 2.75) is 39.5 Å². The van der Waals surface area contributed by atoms with Crippen LogP contribution in [0, 0.1) is 0 Å². The molecule has 0 aromatic heterocycles. The highest BCUT2D eigenvalue weighted by Gasteiger charge is 2.23. The lowest BCUT2D eigenvalue weighted by Crippen LogP contribution is -2.34. The number of imide groups is 2. The topological polar surface area (TPSA) is 121 Å². The van der Waals surface area contributed by atoms with Crippen LogP contribution in [0.4, 0.5) is 0 Å². The predicted molar refractivity (Wildman–Crippen MR) is 99.6 cm³/mol. The number of rotatable bonds is 9. The molecule has 0 atom stereocenters. The lowest BCUT2D eigenvalue weighted by atomic mass is 10.3. The summed E-state index contributed by atoms with van der Waals surface area (Å²) >= 11 is 0. The average molecular weight is 391 g/mol. The molecule has 0 saturated heterocycles. The standard InChI is InChI=1S/C11H16N2O3.C8H9NO3/c1-2-3-7-12-9(14)6-8-13-10(15)4-5-11(13)16;1-6(10)4-5-9-7(11)2-3-8(9)12/h4-5H,2-3,6-8H2,1H3,(H,12,14);2-3H,4-5H2,1H3. The highest BCUT2D eigenvalue weighted by molar-refractivity contribution is 6.13. The van der Waals surface area contributed by atoms with Gasteiger partial charge in [0.1, 0.15) is 5.78 Å². The molecule has 0 bridgehead atoms. The number of carbonyl (C=O) groups excluding carboxylic acids is 6. The van der Waals surface area contributed by atoms with Crippen molar-refractivity contribution in [3.8, 4) is 0 Å². The Kier molecular flexibility index (Phi) is 9.49. The van der Waals surface area contributed by atoms with Gasteiger partial charge in [0.2, 0.25) is 5.91 Å². The number of amides is 5. The molecule has 5 amide bonds. The normalized spacial score (nSPS) is 15.2. The SMILES string of the molecule is CC(=O)CCN1C(=O)C=CC1=O.CCCCNC(=O)CCN1C(=O)C=CC1=O. The smallest absolute Gasteiger partial charge is 0.253 e. The fourth-order valence-corrected chi connectivity index (χ4v) is 2.28. The summed E-state index contributed by atoms with van der Waals surface area (Å²) in [4.78, 5) is 68.1. The number of nitrogens with zero attached hydrogens (tertiary/aromatic N) is 2. The first kappa shape index (κ1) is 22.9. The molecule has 2 aliphatic rings. The fraction of sp³-hybridized carbons (Fsp3) is 0.474. The minimum absolute atomic E-state index is 0.0255. The van der Waals surface area contributed by atoms with Gasteiger partial charge in [-0.05, 0) is 13.3 Å². The number of unbranched alkanes of at least 4 members (excludes halogenated alkanes) is 1. The summed E-state index contributed by atoms with van der Waals surface area (Å²) in [6.45, 7) is 4.47. The molecule has 0 spiro atoms. The lowest BCUT2D eigenvalue weighted by molar-refractivity contribution is -0.139. The molecule has 9 nitrogen and oxygen atoms in total. The van der Waals surface area contributed by atoms with Gasteiger partial charge in [-0.25, -0.2) is 0 Å². The molecule has 152 valence electrons. The van der Waals surface area contributed by atoms with E-state index in [4.69, 9.17) is 0 Å². The number of hydrogen-bond donors (Lipinski definition) is 1. The summed E-state index contributed by atoms with van der Waals surface area (Å²) in [5.74, 6) is -1.50. The highest BCUT2D eigenvalue weighted by Crippen LogP contribution is 2.04. The molecule has 0 saturated carbocycles. The fourth-order valence-electron chi connectivity index (χ4n) is 2.28. The third kappa shape index (κ3) is 7.65. The number of Topliss-reactive ketones (excluding diaryl/α,β-unsaturated/α-hetero) is 1. The van der Waals surface area contributed by atoms with Gasteiger partial charge < -0.3 is 5.32 Å². The quantitative estimate of drug-likeness (QED) is 0.440. The number of hydrogen-bond acceptors (Lipinski definition) is 6. The molecular weight excluding hydrogens is 366 g/mol. The van der Waals surface area contributed by atoms with Gasteiger partial charge in [-0.2, -0.15) is 0 Å². The monoisotopic (exact) mass is 391 g/mol. The Balaban J connectivity index is 0.000000292. The molecule has 0 aromatic rings. The van der Waals surface area contributed by atoms with Crippen LogP contribution in [0.15, 0.2) is 24.3 Å². The summed E-state index contributed by atoms with van der Waals surface area (Å²) in [7, 11) is 0. The Hall–Kier alpha value is -3.10. The van der Waals surface area contributed by atoms with Crippen LogP contribution in [-0.4, -0.2) is 64.8 Å². The van der Waals surface area contributed by atoms with Crippen molar-refractivity contribution in [2.24, 2.45) is 0 Å². The van der Waals surface area contributed by atoms with E-state index in [2.05, 4.69) is 5.32 Å². The second-order valence-corrected chi connectivity index (χ2v) is 6.23. The second kappa shape index (κ2) is 11.6. The van der Waals surface area contributed by atoms with E-state index in [1.54, 1.807) is 0 Å². The zero-order chi connectivity index (χ0) is 21.1. The van der Waals surface area contributed by atoms with Crippen LogP contribution >= 0.6 is 0 Å². The van der Waals surface area contributed by atoms with Crippen LogP contribution in [0.5, 0.6) is 0 Å². The van der Waals surface area contributed by atoms with Crippen LogP contribution in [0.2, 0.25) is 0 Å². The van der Waals surface area contributed by atoms with Crippen molar-refractivity contribution in [1.29, 1.82) is 0 Å². The Morgan fingerprint density at radius 2 is 1.25 bits per heavy atom. The Morgan fingerprint density at radius 3 is 1.64 bits per heavy atom. The Bertz CT molecular complexity index is 674. The first-order valence-electron chi connectivity index (χ1n) is 9.09. The number of nitrogens with one attached hydrogen (secondary N) is 1. The van der Waals surface area contributed by atoms with Crippen molar-refractivity contribution >= 4 is 35.3 Å². The Morgan fingerprint density at radius 1 is 0.821 bits per heavy atom. The van der Waals surface area contributed by atoms with E-state index >= 15 is 0 Å². The maximum absolute atomic E-state index is 11.3. The van der Waals surface area contributed by atoms with Crippen molar-refractivity contribution in [1.82, 2.24) is 15.1 Å². The van der Waals surface area contributed by atoms with Gasteiger partial charge in [-0.15, -0.1) is 0 Å².